The minimum Gasteiger partial charge on any atom is -0.339 e. The number of nitrogens with zero attached hydrogens (tertiary/aromatic N) is 5. The Morgan fingerprint density at radius 1 is 1.09 bits per heavy atom. The molecule has 0 spiro atoms. The van der Waals surface area contributed by atoms with Gasteiger partial charge < -0.3 is 9.84 Å². The van der Waals surface area contributed by atoms with Gasteiger partial charge in [-0.25, -0.2) is 9.18 Å². The van der Waals surface area contributed by atoms with Crippen molar-refractivity contribution >= 4 is 11.6 Å². The van der Waals surface area contributed by atoms with Crippen LogP contribution in [-0.4, -0.2) is 30.4 Å². The van der Waals surface area contributed by atoms with E-state index in [0.29, 0.717) is 11.4 Å². The zero-order valence-electron chi connectivity index (χ0n) is 17.8. The molecular formula is C22H19FN6O4. The normalized spacial score (nSPS) is 10.9. The number of aryl methyl sites for hydroxylation is 2. The lowest BCUT2D eigenvalue weighted by atomic mass is 10.2. The molecule has 2 aromatic heterocycles. The molecule has 0 saturated carbocycles. The van der Waals surface area contributed by atoms with Crippen LogP contribution in [0.2, 0.25) is 0 Å². The third kappa shape index (κ3) is 4.76. The molecule has 2 aromatic carbocycles. The van der Waals surface area contributed by atoms with Crippen molar-refractivity contribution in [3.63, 3.8) is 0 Å². The summed E-state index contributed by atoms with van der Waals surface area (Å²) >= 11 is 0. The van der Waals surface area contributed by atoms with E-state index >= 15 is 0 Å². The molecule has 0 bridgehead atoms. The second-order valence-electron chi connectivity index (χ2n) is 7.31. The number of halogens is 1. The first-order valence-electron chi connectivity index (χ1n) is 9.97. The van der Waals surface area contributed by atoms with Gasteiger partial charge in [0.25, 0.3) is 5.56 Å². The first-order chi connectivity index (χ1) is 15.8. The second-order valence-corrected chi connectivity index (χ2v) is 7.31. The van der Waals surface area contributed by atoms with Gasteiger partial charge in [0.1, 0.15) is 5.82 Å². The van der Waals surface area contributed by atoms with Gasteiger partial charge in [-0.3, -0.25) is 14.2 Å². The van der Waals surface area contributed by atoms with Crippen LogP contribution in [0.15, 0.2) is 62.6 Å². The van der Waals surface area contributed by atoms with Gasteiger partial charge in [-0.1, -0.05) is 22.9 Å². The largest absolute Gasteiger partial charge is 0.351 e. The second kappa shape index (κ2) is 8.99. The van der Waals surface area contributed by atoms with Gasteiger partial charge in [0.05, 0.1) is 5.69 Å². The van der Waals surface area contributed by atoms with E-state index in [4.69, 9.17) is 4.52 Å². The number of rotatable bonds is 6. The van der Waals surface area contributed by atoms with E-state index in [2.05, 4.69) is 20.6 Å². The molecule has 1 N–H and O–H groups in total. The van der Waals surface area contributed by atoms with Crippen LogP contribution in [0.25, 0.3) is 17.2 Å². The molecule has 0 atom stereocenters. The van der Waals surface area contributed by atoms with Crippen LogP contribution in [0.5, 0.6) is 0 Å². The summed E-state index contributed by atoms with van der Waals surface area (Å²) in [6.45, 7) is 1.91. The lowest BCUT2D eigenvalue weighted by Gasteiger charge is -2.08. The molecule has 168 valence electrons. The van der Waals surface area contributed by atoms with Gasteiger partial charge in [0, 0.05) is 25.6 Å². The molecule has 1 amide bonds. The van der Waals surface area contributed by atoms with Crippen molar-refractivity contribution in [3.05, 3.63) is 86.6 Å². The van der Waals surface area contributed by atoms with E-state index in [-0.39, 0.29) is 36.2 Å². The Bertz CT molecular complexity index is 1420. The van der Waals surface area contributed by atoms with Gasteiger partial charge in [-0.2, -0.15) is 14.8 Å². The number of amides is 1. The third-order valence-corrected chi connectivity index (χ3v) is 4.83. The number of hydrogen-bond donors (Lipinski definition) is 1. The Balaban J connectivity index is 1.53. The summed E-state index contributed by atoms with van der Waals surface area (Å²) in [5.41, 5.74) is 0.479. The quantitative estimate of drug-likeness (QED) is 0.476. The molecule has 0 fully saturated rings. The highest BCUT2D eigenvalue weighted by molar-refractivity contribution is 5.90. The monoisotopic (exact) mass is 450 g/mol. The highest BCUT2D eigenvalue weighted by Gasteiger charge is 2.19. The zero-order chi connectivity index (χ0) is 23.5. The number of benzene rings is 2. The van der Waals surface area contributed by atoms with E-state index in [0.717, 1.165) is 14.8 Å². The van der Waals surface area contributed by atoms with Gasteiger partial charge in [0.2, 0.25) is 17.6 Å². The van der Waals surface area contributed by atoms with Crippen LogP contribution < -0.4 is 16.6 Å². The maximum Gasteiger partial charge on any atom is 0.351 e. The summed E-state index contributed by atoms with van der Waals surface area (Å²) in [4.78, 5) is 41.4. The van der Waals surface area contributed by atoms with E-state index in [1.807, 2.05) is 19.1 Å². The molecule has 0 radical (unpaired) electrons. The number of anilines is 1. The first kappa shape index (κ1) is 21.8. The van der Waals surface area contributed by atoms with Gasteiger partial charge in [-0.05, 0) is 43.3 Å². The van der Waals surface area contributed by atoms with Gasteiger partial charge in [-0.15, -0.1) is 0 Å². The summed E-state index contributed by atoms with van der Waals surface area (Å²) in [5, 5.41) is 10.6. The topological polar surface area (TPSA) is 125 Å². The highest BCUT2D eigenvalue weighted by atomic mass is 19.1. The fourth-order valence-electron chi connectivity index (χ4n) is 3.00. The van der Waals surface area contributed by atoms with Crippen molar-refractivity contribution in [1.29, 1.82) is 0 Å². The first-order valence-corrected chi connectivity index (χ1v) is 9.97. The molecule has 0 aliphatic rings. The molecule has 11 heteroatoms. The molecule has 2 heterocycles. The molecule has 4 rings (SSSR count). The minimum atomic E-state index is -0.676. The fourth-order valence-corrected chi connectivity index (χ4v) is 3.00. The molecule has 0 saturated heterocycles. The highest BCUT2D eigenvalue weighted by Crippen LogP contribution is 2.13. The molecule has 10 nitrogen and oxygen atoms in total. The average molecular weight is 450 g/mol. The third-order valence-electron chi connectivity index (χ3n) is 4.83. The van der Waals surface area contributed by atoms with E-state index in [1.54, 1.807) is 12.1 Å². The average Bonchev–Trinajstić information content (AvgIpc) is 3.27. The minimum absolute atomic E-state index is 0.0211. The predicted octanol–water partition coefficient (Wildman–Crippen LogP) is 2.00. The summed E-state index contributed by atoms with van der Waals surface area (Å²) < 4.78 is 20.1. The van der Waals surface area contributed by atoms with Crippen LogP contribution in [0, 0.1) is 12.7 Å². The zero-order valence-corrected chi connectivity index (χ0v) is 17.8. The van der Waals surface area contributed by atoms with Crippen molar-refractivity contribution in [3.8, 4) is 17.2 Å². The Labute approximate surface area is 186 Å². The Morgan fingerprint density at radius 3 is 2.48 bits per heavy atom. The van der Waals surface area contributed by atoms with Crippen molar-refractivity contribution in [1.82, 2.24) is 24.5 Å². The Morgan fingerprint density at radius 2 is 1.79 bits per heavy atom. The van der Waals surface area contributed by atoms with Crippen molar-refractivity contribution in [2.75, 3.05) is 5.32 Å². The molecular weight excluding hydrogens is 431 g/mol. The summed E-state index contributed by atoms with van der Waals surface area (Å²) in [7, 11) is 1.33. The maximum absolute atomic E-state index is 13.0. The van der Waals surface area contributed by atoms with E-state index < -0.39 is 17.1 Å². The number of carbonyl (C=O) groups excluding carboxylic acids is 1. The van der Waals surface area contributed by atoms with Crippen LogP contribution in [0.3, 0.4) is 0 Å². The molecule has 4 aromatic rings. The molecule has 0 aliphatic carbocycles. The van der Waals surface area contributed by atoms with Crippen molar-refractivity contribution in [2.24, 2.45) is 7.05 Å². The number of carbonyl (C=O) groups is 1. The van der Waals surface area contributed by atoms with E-state index in [1.165, 1.54) is 31.3 Å². The number of nitrogens with one attached hydrogen (secondary N) is 1. The van der Waals surface area contributed by atoms with Crippen LogP contribution in [0.1, 0.15) is 17.9 Å². The number of hydrogen-bond acceptors (Lipinski definition) is 7. The Hall–Kier alpha value is -4.41. The SMILES string of the molecule is Cc1ccc(-n2nc(-c3noc(CCC(=O)Nc4ccc(F)cc4)n3)c(=O)n(C)c2=O)cc1. The lowest BCUT2D eigenvalue weighted by Crippen LogP contribution is -2.40. The summed E-state index contributed by atoms with van der Waals surface area (Å²) in [6, 6.07) is 12.4. The van der Waals surface area contributed by atoms with Gasteiger partial charge >= 0.3 is 5.69 Å². The van der Waals surface area contributed by atoms with Crippen molar-refractivity contribution < 1.29 is 13.7 Å². The molecule has 0 aliphatic heterocycles. The maximum atomic E-state index is 13.0. The summed E-state index contributed by atoms with van der Waals surface area (Å²) in [5.74, 6) is -0.704. The smallest absolute Gasteiger partial charge is 0.339 e. The van der Waals surface area contributed by atoms with Crippen LogP contribution >= 0.6 is 0 Å². The van der Waals surface area contributed by atoms with Crippen LogP contribution in [-0.2, 0) is 18.3 Å². The fraction of sp³-hybridized carbons (Fsp3) is 0.182. The molecule has 0 unspecified atom stereocenters. The van der Waals surface area contributed by atoms with Gasteiger partial charge in [0.15, 0.2) is 5.69 Å². The van der Waals surface area contributed by atoms with E-state index in [9.17, 15) is 18.8 Å². The lowest BCUT2D eigenvalue weighted by molar-refractivity contribution is -0.116. The van der Waals surface area contributed by atoms with Crippen LogP contribution in [0.4, 0.5) is 10.1 Å². The standard InChI is InChI=1S/C22H19FN6O4/c1-13-3-9-16(10-4-13)29-22(32)28(2)21(31)19(26-29)20-25-18(33-27-20)12-11-17(30)24-15-7-5-14(23)6-8-15/h3-10H,11-12H2,1-2H3,(H,24,30). The number of aromatic nitrogens is 5. The Kier molecular flexibility index (Phi) is 5.94. The molecule has 33 heavy (non-hydrogen) atoms. The predicted molar refractivity (Wildman–Crippen MR) is 116 cm³/mol. The summed E-state index contributed by atoms with van der Waals surface area (Å²) in [6.07, 6.45) is 0.130. The van der Waals surface area contributed by atoms with Crippen molar-refractivity contribution in [2.45, 2.75) is 19.8 Å².